The van der Waals surface area contributed by atoms with Crippen LogP contribution in [0, 0.1) is 0 Å². The standard InChI is InChI=1S/C27H25N3O2S/c1-18(2)32-22-15-13-20(14-16-22)26-24-25(19-9-5-3-6-10-19)29-30(21-11-7-4-8-12-21)27(24)28-23(31)17-33-26/h3-16,18,26H,17H2,1-2H3,(H,28,31)/t26-/m1/s1. The molecule has 0 radical (unpaired) electrons. The molecule has 5 rings (SSSR count). The van der Waals surface area contributed by atoms with Gasteiger partial charge in [-0.25, -0.2) is 4.68 Å². The number of nitrogens with zero attached hydrogens (tertiary/aromatic N) is 2. The van der Waals surface area contributed by atoms with Gasteiger partial charge in [0.05, 0.1) is 28.5 Å². The lowest BCUT2D eigenvalue weighted by atomic mass is 10.00. The van der Waals surface area contributed by atoms with Gasteiger partial charge in [-0.3, -0.25) is 4.79 Å². The lowest BCUT2D eigenvalue weighted by Crippen LogP contribution is -2.15. The molecule has 1 aliphatic rings. The highest BCUT2D eigenvalue weighted by molar-refractivity contribution is 8.00. The molecule has 0 bridgehead atoms. The first-order chi connectivity index (χ1) is 16.1. The predicted molar refractivity (Wildman–Crippen MR) is 134 cm³/mol. The Balaban J connectivity index is 1.69. The highest BCUT2D eigenvalue weighted by atomic mass is 32.2. The van der Waals surface area contributed by atoms with E-state index in [4.69, 9.17) is 9.84 Å². The number of ether oxygens (including phenoxy) is 1. The van der Waals surface area contributed by atoms with Crippen LogP contribution < -0.4 is 10.1 Å². The zero-order chi connectivity index (χ0) is 22.8. The van der Waals surface area contributed by atoms with Crippen LogP contribution >= 0.6 is 11.8 Å². The second kappa shape index (κ2) is 9.16. The number of fused-ring (bicyclic) bond motifs is 1. The van der Waals surface area contributed by atoms with E-state index in [9.17, 15) is 4.79 Å². The summed E-state index contributed by atoms with van der Waals surface area (Å²) >= 11 is 1.62. The molecule has 6 heteroatoms. The fourth-order valence-electron chi connectivity index (χ4n) is 4.03. The molecule has 2 heterocycles. The Morgan fingerprint density at radius 2 is 1.64 bits per heavy atom. The first kappa shape index (κ1) is 21.3. The summed E-state index contributed by atoms with van der Waals surface area (Å²) in [6, 6.07) is 28.2. The SMILES string of the molecule is CC(C)Oc1ccc([C@H]2SCC(=O)Nc3c2c(-c2ccccc2)nn3-c2ccccc2)cc1. The Morgan fingerprint density at radius 3 is 2.30 bits per heavy atom. The summed E-state index contributed by atoms with van der Waals surface area (Å²) in [5, 5.41) is 8.08. The van der Waals surface area contributed by atoms with Gasteiger partial charge in [-0.2, -0.15) is 5.10 Å². The van der Waals surface area contributed by atoms with Crippen molar-refractivity contribution in [3.63, 3.8) is 0 Å². The molecule has 4 aromatic rings. The monoisotopic (exact) mass is 455 g/mol. The number of thioether (sulfide) groups is 1. The number of hydrogen-bond donors (Lipinski definition) is 1. The Labute approximate surface area is 197 Å². The molecule has 0 spiro atoms. The molecule has 1 atom stereocenters. The number of amides is 1. The molecule has 1 aromatic heterocycles. The van der Waals surface area contributed by atoms with Crippen LogP contribution in [-0.2, 0) is 4.79 Å². The van der Waals surface area contributed by atoms with Crippen LogP contribution in [0.2, 0.25) is 0 Å². The minimum atomic E-state index is -0.0558. The highest BCUT2D eigenvalue weighted by Gasteiger charge is 2.32. The topological polar surface area (TPSA) is 56.1 Å². The third-order valence-corrected chi connectivity index (χ3v) is 6.70. The second-order valence-electron chi connectivity index (χ2n) is 8.20. The fraction of sp³-hybridized carbons (Fsp3) is 0.185. The summed E-state index contributed by atoms with van der Waals surface area (Å²) in [5.41, 5.74) is 4.92. The van der Waals surface area contributed by atoms with E-state index < -0.39 is 0 Å². The van der Waals surface area contributed by atoms with Crippen molar-refractivity contribution in [1.82, 2.24) is 9.78 Å². The maximum absolute atomic E-state index is 12.7. The predicted octanol–water partition coefficient (Wildman–Crippen LogP) is 6.10. The van der Waals surface area contributed by atoms with E-state index in [2.05, 4.69) is 29.6 Å². The highest BCUT2D eigenvalue weighted by Crippen LogP contribution is 2.47. The molecule has 1 aliphatic heterocycles. The van der Waals surface area contributed by atoms with Gasteiger partial charge in [0.25, 0.3) is 0 Å². The molecule has 3 aromatic carbocycles. The van der Waals surface area contributed by atoms with Crippen LogP contribution in [-0.4, -0.2) is 27.5 Å². The quantitative estimate of drug-likeness (QED) is 0.395. The number of carbonyl (C=O) groups excluding carboxylic acids is 1. The van der Waals surface area contributed by atoms with Crippen LogP contribution in [0.1, 0.15) is 30.2 Å². The number of para-hydroxylation sites is 1. The average Bonchev–Trinajstić information content (AvgIpc) is 3.10. The van der Waals surface area contributed by atoms with Crippen molar-refractivity contribution in [3.05, 3.63) is 96.1 Å². The smallest absolute Gasteiger partial charge is 0.235 e. The minimum absolute atomic E-state index is 0.0276. The van der Waals surface area contributed by atoms with E-state index in [1.54, 1.807) is 11.8 Å². The van der Waals surface area contributed by atoms with Gasteiger partial charge in [0.2, 0.25) is 5.91 Å². The Bertz CT molecular complexity index is 1250. The number of nitrogens with one attached hydrogen (secondary N) is 1. The third kappa shape index (κ3) is 4.39. The third-order valence-electron chi connectivity index (χ3n) is 5.43. The number of rotatable bonds is 5. The molecule has 1 amide bonds. The number of hydrogen-bond acceptors (Lipinski definition) is 4. The summed E-state index contributed by atoms with van der Waals surface area (Å²) in [7, 11) is 0. The summed E-state index contributed by atoms with van der Waals surface area (Å²) < 4.78 is 7.68. The molecule has 0 saturated heterocycles. The van der Waals surface area contributed by atoms with Crippen LogP contribution in [0.15, 0.2) is 84.9 Å². The Hall–Kier alpha value is -3.51. The van der Waals surface area contributed by atoms with Crippen molar-refractivity contribution in [3.8, 4) is 22.7 Å². The van der Waals surface area contributed by atoms with E-state index in [1.807, 2.05) is 79.2 Å². The lowest BCUT2D eigenvalue weighted by Gasteiger charge is -2.17. The van der Waals surface area contributed by atoms with Gasteiger partial charge in [0.15, 0.2) is 0 Å². The van der Waals surface area contributed by atoms with Crippen LogP contribution in [0.25, 0.3) is 16.9 Å². The molecule has 0 saturated carbocycles. The molecule has 0 aliphatic carbocycles. The number of carbonyl (C=O) groups is 1. The molecular formula is C27H25N3O2S. The first-order valence-corrected chi connectivity index (χ1v) is 12.1. The van der Waals surface area contributed by atoms with E-state index in [0.29, 0.717) is 5.75 Å². The van der Waals surface area contributed by atoms with Gasteiger partial charge < -0.3 is 10.1 Å². The maximum atomic E-state index is 12.7. The minimum Gasteiger partial charge on any atom is -0.491 e. The van der Waals surface area contributed by atoms with Gasteiger partial charge in [0.1, 0.15) is 11.6 Å². The normalized spacial score (nSPS) is 15.6. The summed E-state index contributed by atoms with van der Waals surface area (Å²) in [4.78, 5) is 12.7. The molecule has 0 unspecified atom stereocenters. The first-order valence-electron chi connectivity index (χ1n) is 11.0. The van der Waals surface area contributed by atoms with Crippen molar-refractivity contribution in [1.29, 1.82) is 0 Å². The van der Waals surface area contributed by atoms with Crippen molar-refractivity contribution in [2.75, 3.05) is 11.1 Å². The van der Waals surface area contributed by atoms with E-state index >= 15 is 0 Å². The number of anilines is 1. The van der Waals surface area contributed by atoms with Gasteiger partial charge in [-0.1, -0.05) is 60.7 Å². The summed E-state index contributed by atoms with van der Waals surface area (Å²) in [6.45, 7) is 4.03. The number of benzene rings is 3. The van der Waals surface area contributed by atoms with Gasteiger partial charge >= 0.3 is 0 Å². The van der Waals surface area contributed by atoms with Gasteiger partial charge in [-0.05, 0) is 43.7 Å². The fourth-order valence-corrected chi connectivity index (χ4v) is 5.16. The molecule has 1 N–H and O–H groups in total. The van der Waals surface area contributed by atoms with Crippen molar-refractivity contribution < 1.29 is 9.53 Å². The summed E-state index contributed by atoms with van der Waals surface area (Å²) in [6.07, 6.45) is 0.116. The zero-order valence-electron chi connectivity index (χ0n) is 18.6. The lowest BCUT2D eigenvalue weighted by molar-refractivity contribution is -0.113. The van der Waals surface area contributed by atoms with Crippen molar-refractivity contribution in [2.24, 2.45) is 0 Å². The molecule has 166 valence electrons. The second-order valence-corrected chi connectivity index (χ2v) is 9.29. The van der Waals surface area contributed by atoms with Crippen molar-refractivity contribution in [2.45, 2.75) is 25.2 Å². The molecule has 33 heavy (non-hydrogen) atoms. The molecular weight excluding hydrogens is 430 g/mol. The largest absolute Gasteiger partial charge is 0.491 e. The van der Waals surface area contributed by atoms with E-state index in [-0.39, 0.29) is 17.3 Å². The zero-order valence-corrected chi connectivity index (χ0v) is 19.4. The maximum Gasteiger partial charge on any atom is 0.235 e. The average molecular weight is 456 g/mol. The Kier molecular flexibility index (Phi) is 5.92. The molecule has 0 fully saturated rings. The van der Waals surface area contributed by atoms with Crippen LogP contribution in [0.3, 0.4) is 0 Å². The van der Waals surface area contributed by atoms with Crippen LogP contribution in [0.4, 0.5) is 5.82 Å². The van der Waals surface area contributed by atoms with Crippen molar-refractivity contribution >= 4 is 23.5 Å². The Morgan fingerprint density at radius 1 is 0.970 bits per heavy atom. The van der Waals surface area contributed by atoms with Gasteiger partial charge in [-0.15, -0.1) is 11.8 Å². The summed E-state index contributed by atoms with van der Waals surface area (Å²) in [5.74, 6) is 1.90. The van der Waals surface area contributed by atoms with Gasteiger partial charge in [0, 0.05) is 11.1 Å². The van der Waals surface area contributed by atoms with Crippen LogP contribution in [0.5, 0.6) is 5.75 Å². The number of aromatic nitrogens is 2. The molecule has 5 nitrogen and oxygen atoms in total. The van der Waals surface area contributed by atoms with E-state index in [0.717, 1.165) is 39.6 Å². The van der Waals surface area contributed by atoms with E-state index in [1.165, 1.54) is 0 Å².